The van der Waals surface area contributed by atoms with Gasteiger partial charge >= 0.3 is 0 Å². The molecule has 1 aliphatic rings. The molecule has 134 valence electrons. The van der Waals surface area contributed by atoms with Crippen molar-refractivity contribution in [3.63, 3.8) is 0 Å². The standard InChI is InChI=1S/C19H19N3O3S/c1-13-2-4-14(5-3-13)15-11-26-19-17(15)18(20-12-21-19)25-10-16(23)22-6-8-24-9-7-22/h2-5,11-12H,6-10H2,1H3. The monoisotopic (exact) mass is 369 g/mol. The highest BCUT2D eigenvalue weighted by molar-refractivity contribution is 7.17. The molecular formula is C19H19N3O3S. The van der Waals surface area contributed by atoms with Crippen molar-refractivity contribution in [1.82, 2.24) is 14.9 Å². The van der Waals surface area contributed by atoms with E-state index in [2.05, 4.69) is 46.5 Å². The van der Waals surface area contributed by atoms with E-state index in [0.29, 0.717) is 32.2 Å². The Morgan fingerprint density at radius 1 is 1.23 bits per heavy atom. The molecule has 0 saturated carbocycles. The fraction of sp³-hybridized carbons (Fsp3) is 0.316. The molecule has 4 rings (SSSR count). The fourth-order valence-electron chi connectivity index (χ4n) is 2.94. The lowest BCUT2D eigenvalue weighted by Gasteiger charge is -2.26. The number of aromatic nitrogens is 2. The number of rotatable bonds is 4. The molecule has 0 bridgehead atoms. The van der Waals surface area contributed by atoms with E-state index in [1.54, 1.807) is 16.2 Å². The van der Waals surface area contributed by atoms with Gasteiger partial charge < -0.3 is 14.4 Å². The molecule has 0 atom stereocenters. The van der Waals surface area contributed by atoms with Crippen LogP contribution in [0.3, 0.4) is 0 Å². The predicted octanol–water partition coefficient (Wildman–Crippen LogP) is 2.90. The number of carbonyl (C=O) groups excluding carboxylic acids is 1. The predicted molar refractivity (Wildman–Crippen MR) is 100 cm³/mol. The van der Waals surface area contributed by atoms with Gasteiger partial charge in [0.05, 0.1) is 18.6 Å². The molecule has 6 nitrogen and oxygen atoms in total. The highest BCUT2D eigenvalue weighted by Gasteiger charge is 2.19. The number of amides is 1. The van der Waals surface area contributed by atoms with Crippen LogP contribution in [-0.2, 0) is 9.53 Å². The van der Waals surface area contributed by atoms with Crippen molar-refractivity contribution in [3.8, 4) is 17.0 Å². The maximum Gasteiger partial charge on any atom is 0.260 e. The van der Waals surface area contributed by atoms with Crippen molar-refractivity contribution in [3.05, 3.63) is 41.5 Å². The number of hydrogen-bond donors (Lipinski definition) is 0. The number of benzene rings is 1. The molecule has 1 aromatic carbocycles. The molecule has 7 heteroatoms. The smallest absolute Gasteiger partial charge is 0.260 e. The first kappa shape index (κ1) is 16.9. The van der Waals surface area contributed by atoms with E-state index in [1.807, 2.05) is 0 Å². The molecule has 3 aromatic rings. The van der Waals surface area contributed by atoms with E-state index >= 15 is 0 Å². The van der Waals surface area contributed by atoms with Crippen molar-refractivity contribution < 1.29 is 14.3 Å². The lowest BCUT2D eigenvalue weighted by molar-refractivity contribution is -0.137. The number of fused-ring (bicyclic) bond motifs is 1. The molecule has 1 amide bonds. The van der Waals surface area contributed by atoms with Gasteiger partial charge in [-0.2, -0.15) is 0 Å². The van der Waals surface area contributed by atoms with E-state index in [1.165, 1.54) is 11.9 Å². The Bertz CT molecular complexity index is 917. The van der Waals surface area contributed by atoms with Gasteiger partial charge in [0.15, 0.2) is 6.61 Å². The Labute approximate surface area is 155 Å². The van der Waals surface area contributed by atoms with E-state index < -0.39 is 0 Å². The topological polar surface area (TPSA) is 64.6 Å². The molecule has 1 saturated heterocycles. The normalized spacial score (nSPS) is 14.6. The van der Waals surface area contributed by atoms with Crippen LogP contribution in [-0.4, -0.2) is 53.7 Å². The van der Waals surface area contributed by atoms with Gasteiger partial charge in [-0.1, -0.05) is 29.8 Å². The second-order valence-electron chi connectivity index (χ2n) is 6.16. The summed E-state index contributed by atoms with van der Waals surface area (Å²) < 4.78 is 11.1. The lowest BCUT2D eigenvalue weighted by atomic mass is 10.0. The lowest BCUT2D eigenvalue weighted by Crippen LogP contribution is -2.43. The van der Waals surface area contributed by atoms with Crippen LogP contribution >= 0.6 is 11.3 Å². The summed E-state index contributed by atoms with van der Waals surface area (Å²) in [5.41, 5.74) is 3.32. The van der Waals surface area contributed by atoms with Crippen LogP contribution in [0.25, 0.3) is 21.3 Å². The molecule has 3 heterocycles. The minimum absolute atomic E-state index is 0.0324. The van der Waals surface area contributed by atoms with Crippen LogP contribution in [0.15, 0.2) is 36.0 Å². The van der Waals surface area contributed by atoms with Gasteiger partial charge in [0, 0.05) is 24.0 Å². The van der Waals surface area contributed by atoms with Crippen molar-refractivity contribution in [2.75, 3.05) is 32.9 Å². The minimum Gasteiger partial charge on any atom is -0.467 e. The summed E-state index contributed by atoms with van der Waals surface area (Å²) in [4.78, 5) is 23.6. The Kier molecular flexibility index (Phi) is 4.81. The molecular weight excluding hydrogens is 350 g/mol. The van der Waals surface area contributed by atoms with Crippen LogP contribution < -0.4 is 4.74 Å². The molecule has 26 heavy (non-hydrogen) atoms. The highest BCUT2D eigenvalue weighted by Crippen LogP contribution is 2.37. The molecule has 1 fully saturated rings. The molecule has 0 aliphatic carbocycles. The molecule has 2 aromatic heterocycles. The molecule has 1 aliphatic heterocycles. The maximum absolute atomic E-state index is 12.3. The quantitative estimate of drug-likeness (QED) is 0.708. The first-order valence-electron chi connectivity index (χ1n) is 8.50. The minimum atomic E-state index is -0.0489. The molecule has 0 spiro atoms. The molecule has 0 unspecified atom stereocenters. The van der Waals surface area contributed by atoms with Gasteiger partial charge in [0.25, 0.3) is 5.91 Å². The third-order valence-electron chi connectivity index (χ3n) is 4.39. The van der Waals surface area contributed by atoms with Crippen LogP contribution in [0.5, 0.6) is 5.88 Å². The number of ether oxygens (including phenoxy) is 2. The first-order chi connectivity index (χ1) is 12.7. The molecule has 0 radical (unpaired) electrons. The summed E-state index contributed by atoms with van der Waals surface area (Å²) in [6, 6.07) is 8.30. The summed E-state index contributed by atoms with van der Waals surface area (Å²) in [5, 5.41) is 2.91. The average molecular weight is 369 g/mol. The van der Waals surface area contributed by atoms with Gasteiger partial charge in [-0.15, -0.1) is 11.3 Å². The van der Waals surface area contributed by atoms with Gasteiger partial charge in [0.2, 0.25) is 5.88 Å². The highest BCUT2D eigenvalue weighted by atomic mass is 32.1. The van der Waals surface area contributed by atoms with E-state index in [9.17, 15) is 4.79 Å². The van der Waals surface area contributed by atoms with Crippen molar-refractivity contribution in [2.24, 2.45) is 0 Å². The Morgan fingerprint density at radius 3 is 2.77 bits per heavy atom. The number of aryl methyl sites for hydroxylation is 1. The number of morpholine rings is 1. The van der Waals surface area contributed by atoms with Crippen LogP contribution in [0.1, 0.15) is 5.56 Å². The van der Waals surface area contributed by atoms with Crippen molar-refractivity contribution in [2.45, 2.75) is 6.92 Å². The number of carbonyl (C=O) groups is 1. The van der Waals surface area contributed by atoms with Crippen LogP contribution in [0.2, 0.25) is 0 Å². The Balaban J connectivity index is 1.59. The average Bonchev–Trinajstić information content (AvgIpc) is 3.12. The number of thiophene rings is 1. The summed E-state index contributed by atoms with van der Waals surface area (Å²) >= 11 is 1.55. The maximum atomic E-state index is 12.3. The van der Waals surface area contributed by atoms with Crippen molar-refractivity contribution >= 4 is 27.5 Å². The summed E-state index contributed by atoms with van der Waals surface area (Å²) in [5.74, 6) is 0.403. The number of hydrogen-bond acceptors (Lipinski definition) is 6. The second-order valence-corrected chi connectivity index (χ2v) is 7.01. The van der Waals surface area contributed by atoms with E-state index in [-0.39, 0.29) is 12.5 Å². The molecule has 0 N–H and O–H groups in total. The van der Waals surface area contributed by atoms with Crippen LogP contribution in [0.4, 0.5) is 0 Å². The van der Waals surface area contributed by atoms with Crippen LogP contribution in [0, 0.1) is 6.92 Å². The summed E-state index contributed by atoms with van der Waals surface area (Å²) in [7, 11) is 0. The zero-order valence-electron chi connectivity index (χ0n) is 14.5. The van der Waals surface area contributed by atoms with E-state index in [0.717, 1.165) is 21.3 Å². The fourth-order valence-corrected chi connectivity index (χ4v) is 3.84. The van der Waals surface area contributed by atoms with Gasteiger partial charge in [-0.25, -0.2) is 9.97 Å². The first-order valence-corrected chi connectivity index (χ1v) is 9.38. The number of nitrogens with zero attached hydrogens (tertiary/aromatic N) is 3. The van der Waals surface area contributed by atoms with Crippen molar-refractivity contribution in [1.29, 1.82) is 0 Å². The summed E-state index contributed by atoms with van der Waals surface area (Å²) in [6.07, 6.45) is 1.48. The Morgan fingerprint density at radius 2 is 2.00 bits per heavy atom. The SMILES string of the molecule is Cc1ccc(-c2csc3ncnc(OCC(=O)N4CCOCC4)c23)cc1. The zero-order valence-corrected chi connectivity index (χ0v) is 15.3. The van der Waals surface area contributed by atoms with Gasteiger partial charge in [-0.05, 0) is 12.5 Å². The second kappa shape index (κ2) is 7.39. The largest absolute Gasteiger partial charge is 0.467 e. The third-order valence-corrected chi connectivity index (χ3v) is 5.28. The zero-order chi connectivity index (χ0) is 17.9. The van der Waals surface area contributed by atoms with Gasteiger partial charge in [0.1, 0.15) is 11.2 Å². The Hall–Kier alpha value is -2.51. The summed E-state index contributed by atoms with van der Waals surface area (Å²) in [6.45, 7) is 4.39. The van der Waals surface area contributed by atoms with Gasteiger partial charge in [-0.3, -0.25) is 4.79 Å². The van der Waals surface area contributed by atoms with E-state index in [4.69, 9.17) is 9.47 Å². The third kappa shape index (κ3) is 3.40.